The second-order valence-corrected chi connectivity index (χ2v) is 5.63. The molecule has 20 heavy (non-hydrogen) atoms. The van der Waals surface area contributed by atoms with Crippen molar-refractivity contribution in [1.82, 2.24) is 9.78 Å². The number of hydrogen-bond donors (Lipinski definition) is 1. The van der Waals surface area contributed by atoms with Gasteiger partial charge in [0.1, 0.15) is 5.69 Å². The molecule has 3 rings (SSSR count). The zero-order chi connectivity index (χ0) is 14.1. The Morgan fingerprint density at radius 2 is 1.90 bits per heavy atom. The van der Waals surface area contributed by atoms with E-state index in [1.165, 1.54) is 0 Å². The second kappa shape index (κ2) is 5.31. The van der Waals surface area contributed by atoms with E-state index < -0.39 is 0 Å². The Kier molecular flexibility index (Phi) is 3.51. The molecule has 0 saturated carbocycles. The van der Waals surface area contributed by atoms with Gasteiger partial charge < -0.3 is 5.73 Å². The third kappa shape index (κ3) is 2.44. The Balaban J connectivity index is 2.10. The van der Waals surface area contributed by atoms with Gasteiger partial charge in [-0.25, -0.2) is 4.68 Å². The Morgan fingerprint density at radius 1 is 1.10 bits per heavy atom. The first-order valence-electron chi connectivity index (χ1n) is 6.01. The number of halogens is 2. The van der Waals surface area contributed by atoms with E-state index >= 15 is 0 Å². The fourth-order valence-corrected chi connectivity index (χ4v) is 2.66. The molecule has 0 radical (unpaired) electrons. The number of anilines is 1. The lowest BCUT2D eigenvalue weighted by Gasteiger charge is -2.02. The molecule has 5 heteroatoms. The van der Waals surface area contributed by atoms with Gasteiger partial charge in [-0.3, -0.25) is 0 Å². The third-order valence-corrected chi connectivity index (χ3v) is 3.87. The Hall–Kier alpha value is -1.78. The van der Waals surface area contributed by atoms with Crippen molar-refractivity contribution in [2.75, 3.05) is 5.73 Å². The summed E-state index contributed by atoms with van der Waals surface area (Å²) in [6, 6.07) is 15.3. The van der Waals surface area contributed by atoms with Crippen molar-refractivity contribution in [1.29, 1.82) is 0 Å². The average molecular weight is 349 g/mol. The molecule has 0 atom stereocenters. The largest absolute Gasteiger partial charge is 0.396 e. The van der Waals surface area contributed by atoms with Gasteiger partial charge in [0.2, 0.25) is 0 Å². The molecule has 0 aliphatic rings. The van der Waals surface area contributed by atoms with Crippen LogP contribution in [0.2, 0.25) is 5.02 Å². The van der Waals surface area contributed by atoms with Crippen molar-refractivity contribution in [2.45, 2.75) is 0 Å². The summed E-state index contributed by atoms with van der Waals surface area (Å²) in [5.74, 6) is 0. The summed E-state index contributed by atoms with van der Waals surface area (Å²) in [6.45, 7) is 0. The van der Waals surface area contributed by atoms with Crippen molar-refractivity contribution in [3.05, 3.63) is 64.2 Å². The molecule has 0 aliphatic heterocycles. The van der Waals surface area contributed by atoms with Crippen LogP contribution in [0.25, 0.3) is 16.9 Å². The maximum Gasteiger partial charge on any atom is 0.117 e. The molecule has 0 bridgehead atoms. The predicted molar refractivity (Wildman–Crippen MR) is 86.1 cm³/mol. The van der Waals surface area contributed by atoms with Gasteiger partial charge in [-0.2, -0.15) is 5.10 Å². The van der Waals surface area contributed by atoms with Crippen LogP contribution in [0.15, 0.2) is 59.2 Å². The first-order valence-corrected chi connectivity index (χ1v) is 7.18. The molecule has 1 aromatic heterocycles. The molecular formula is C15H11BrClN3. The highest BCUT2D eigenvalue weighted by atomic mass is 79.9. The van der Waals surface area contributed by atoms with Crippen molar-refractivity contribution in [3.63, 3.8) is 0 Å². The molecule has 0 aliphatic carbocycles. The van der Waals surface area contributed by atoms with E-state index in [1.807, 2.05) is 48.5 Å². The summed E-state index contributed by atoms with van der Waals surface area (Å²) in [5.41, 5.74) is 9.29. The smallest absolute Gasteiger partial charge is 0.117 e. The minimum atomic E-state index is 0.622. The Bertz CT molecular complexity index is 767. The first-order chi connectivity index (χ1) is 9.65. The van der Waals surface area contributed by atoms with E-state index in [4.69, 9.17) is 17.3 Å². The molecule has 0 fully saturated rings. The van der Waals surface area contributed by atoms with Gasteiger partial charge in [0.15, 0.2) is 0 Å². The van der Waals surface area contributed by atoms with E-state index in [1.54, 1.807) is 10.9 Å². The van der Waals surface area contributed by atoms with Gasteiger partial charge in [0.05, 0.1) is 17.6 Å². The number of nitrogens with zero attached hydrogens (tertiary/aromatic N) is 2. The second-order valence-electron chi connectivity index (χ2n) is 4.34. The van der Waals surface area contributed by atoms with Crippen molar-refractivity contribution in [2.24, 2.45) is 0 Å². The van der Waals surface area contributed by atoms with Crippen molar-refractivity contribution < 1.29 is 0 Å². The highest BCUT2D eigenvalue weighted by Crippen LogP contribution is 2.31. The summed E-state index contributed by atoms with van der Waals surface area (Å²) in [6.07, 6.45) is 1.79. The third-order valence-electron chi connectivity index (χ3n) is 2.94. The van der Waals surface area contributed by atoms with Gasteiger partial charge in [-0.1, -0.05) is 51.8 Å². The average Bonchev–Trinajstić information content (AvgIpc) is 2.81. The number of aromatic nitrogens is 2. The number of hydrogen-bond acceptors (Lipinski definition) is 2. The first kappa shape index (κ1) is 13.2. The van der Waals surface area contributed by atoms with Crippen LogP contribution >= 0.6 is 27.5 Å². The molecule has 3 aromatic rings. The van der Waals surface area contributed by atoms with Gasteiger partial charge in [0.25, 0.3) is 0 Å². The van der Waals surface area contributed by atoms with Crippen molar-refractivity contribution in [3.8, 4) is 16.9 Å². The summed E-state index contributed by atoms with van der Waals surface area (Å²) in [4.78, 5) is 0. The monoisotopic (exact) mass is 347 g/mol. The minimum Gasteiger partial charge on any atom is -0.396 e. The number of rotatable bonds is 2. The summed E-state index contributed by atoms with van der Waals surface area (Å²) in [5, 5.41) is 5.22. The minimum absolute atomic E-state index is 0.622. The molecular weight excluding hydrogens is 338 g/mol. The highest BCUT2D eigenvalue weighted by molar-refractivity contribution is 9.10. The molecule has 1 heterocycles. The lowest BCUT2D eigenvalue weighted by Crippen LogP contribution is -1.94. The molecule has 0 saturated heterocycles. The topological polar surface area (TPSA) is 43.8 Å². The molecule has 0 unspecified atom stereocenters. The Morgan fingerprint density at radius 3 is 2.65 bits per heavy atom. The quantitative estimate of drug-likeness (QED) is 0.739. The van der Waals surface area contributed by atoms with Gasteiger partial charge in [-0.15, -0.1) is 0 Å². The fraction of sp³-hybridized carbons (Fsp3) is 0. The molecule has 2 aromatic carbocycles. The molecule has 100 valence electrons. The zero-order valence-electron chi connectivity index (χ0n) is 10.4. The summed E-state index contributed by atoms with van der Waals surface area (Å²) in [7, 11) is 0. The Labute approximate surface area is 130 Å². The van der Waals surface area contributed by atoms with Gasteiger partial charge >= 0.3 is 0 Å². The lowest BCUT2D eigenvalue weighted by molar-refractivity contribution is 0.884. The fourth-order valence-electron chi connectivity index (χ4n) is 2.00. The van der Waals surface area contributed by atoms with Crippen LogP contribution in [0.1, 0.15) is 0 Å². The van der Waals surface area contributed by atoms with E-state index in [2.05, 4.69) is 21.0 Å². The number of benzene rings is 2. The standard InChI is InChI=1S/C15H11BrClN3/c16-13-7-2-1-6-12(13)15-14(18)9-20(19-15)11-5-3-4-10(17)8-11/h1-9H,18H2. The SMILES string of the molecule is Nc1cn(-c2cccc(Cl)c2)nc1-c1ccccc1Br. The zero-order valence-corrected chi connectivity index (χ0v) is 12.8. The maximum atomic E-state index is 6.08. The predicted octanol–water partition coefficient (Wildman–Crippen LogP) is 4.54. The van der Waals surface area contributed by atoms with Crippen LogP contribution in [-0.2, 0) is 0 Å². The maximum absolute atomic E-state index is 6.08. The van der Waals surface area contributed by atoms with Crippen LogP contribution < -0.4 is 5.73 Å². The van der Waals surface area contributed by atoms with E-state index in [-0.39, 0.29) is 0 Å². The van der Waals surface area contributed by atoms with Crippen LogP contribution in [0.5, 0.6) is 0 Å². The van der Waals surface area contributed by atoms with Gasteiger partial charge in [0, 0.05) is 15.1 Å². The number of nitrogen functional groups attached to an aromatic ring is 1. The van der Waals surface area contributed by atoms with Crippen molar-refractivity contribution >= 4 is 33.2 Å². The molecule has 0 spiro atoms. The lowest BCUT2D eigenvalue weighted by atomic mass is 10.1. The van der Waals surface area contributed by atoms with E-state index in [0.29, 0.717) is 10.7 Å². The molecule has 2 N–H and O–H groups in total. The molecule has 0 amide bonds. The normalized spacial score (nSPS) is 10.7. The summed E-state index contributed by atoms with van der Waals surface area (Å²) >= 11 is 9.52. The summed E-state index contributed by atoms with van der Waals surface area (Å²) < 4.78 is 2.69. The van der Waals surface area contributed by atoms with E-state index in [0.717, 1.165) is 21.4 Å². The van der Waals surface area contributed by atoms with Gasteiger partial charge in [-0.05, 0) is 24.3 Å². The van der Waals surface area contributed by atoms with Crippen LogP contribution in [0.4, 0.5) is 5.69 Å². The highest BCUT2D eigenvalue weighted by Gasteiger charge is 2.12. The van der Waals surface area contributed by atoms with Crippen LogP contribution in [0.3, 0.4) is 0 Å². The molecule has 3 nitrogen and oxygen atoms in total. The number of nitrogens with two attached hydrogens (primary N) is 1. The van der Waals surface area contributed by atoms with E-state index in [9.17, 15) is 0 Å². The van der Waals surface area contributed by atoms with Crippen LogP contribution in [-0.4, -0.2) is 9.78 Å². The van der Waals surface area contributed by atoms with Crippen LogP contribution in [0, 0.1) is 0 Å².